The van der Waals surface area contributed by atoms with Crippen molar-refractivity contribution in [2.45, 2.75) is 36.1 Å². The summed E-state index contributed by atoms with van der Waals surface area (Å²) >= 11 is 1.15. The number of aliphatic hydroxyl groups is 1. The Bertz CT molecular complexity index is 1140. The molecule has 1 saturated carbocycles. The highest BCUT2D eigenvalue weighted by Crippen LogP contribution is 2.48. The summed E-state index contributed by atoms with van der Waals surface area (Å²) in [6.45, 7) is 3.72. The summed E-state index contributed by atoms with van der Waals surface area (Å²) in [5.41, 5.74) is 1.84. The van der Waals surface area contributed by atoms with Gasteiger partial charge in [-0.15, -0.1) is 11.3 Å². The number of aromatic nitrogens is 2. The van der Waals surface area contributed by atoms with Crippen LogP contribution in [0.15, 0.2) is 59.1 Å². The topological polar surface area (TPSA) is 142 Å². The maximum Gasteiger partial charge on any atom is 0.503 e. The second kappa shape index (κ2) is 9.18. The first kappa shape index (κ1) is 22.9. The molecule has 0 bridgehead atoms. The molecule has 166 valence electrons. The summed E-state index contributed by atoms with van der Waals surface area (Å²) in [5, 5.41) is 28.4. The number of rotatable bonds is 6. The smallest absolute Gasteiger partial charge is 0.450 e. The van der Waals surface area contributed by atoms with E-state index in [1.54, 1.807) is 36.1 Å². The maximum atomic E-state index is 12.8. The minimum absolute atomic E-state index is 0.0884. The molecule has 4 atom stereocenters. The number of carboxylic acid groups (broad SMARTS) is 2. The largest absolute Gasteiger partial charge is 0.503 e. The first-order chi connectivity index (χ1) is 14.6. The van der Waals surface area contributed by atoms with Crippen molar-refractivity contribution >= 4 is 27.5 Å². The van der Waals surface area contributed by atoms with Gasteiger partial charge in [-0.1, -0.05) is 37.3 Å². The number of nitrogens with one attached hydrogen (secondary N) is 1. The van der Waals surface area contributed by atoms with E-state index < -0.39 is 22.3 Å². The second-order valence-electron chi connectivity index (χ2n) is 7.21. The molecule has 0 aliphatic heterocycles. The number of nitrogens with zero attached hydrogens (tertiary/aromatic N) is 2. The molecule has 0 saturated heterocycles. The average Bonchev–Trinajstić information content (AvgIpc) is 3.15. The summed E-state index contributed by atoms with van der Waals surface area (Å²) in [4.78, 5) is 8.56. The SMILES string of the molecule is CC(O)c1cnn(-c2ccc(S(=O)(=O)N[C@H]3[C@H](C)[C@@H]3c3ccccc3)s2)c1.O=C(O)O. The van der Waals surface area contributed by atoms with Crippen LogP contribution in [0, 0.1) is 5.92 Å². The molecule has 4 rings (SSSR count). The van der Waals surface area contributed by atoms with Crippen LogP contribution in [0.2, 0.25) is 0 Å². The van der Waals surface area contributed by atoms with E-state index in [0.717, 1.165) is 16.9 Å². The van der Waals surface area contributed by atoms with Gasteiger partial charge in [0.05, 0.1) is 12.3 Å². The first-order valence-electron chi connectivity index (χ1n) is 9.42. The summed E-state index contributed by atoms with van der Waals surface area (Å²) in [5.74, 6) is 0.474. The zero-order valence-corrected chi connectivity index (χ0v) is 18.4. The summed E-state index contributed by atoms with van der Waals surface area (Å²) < 4.78 is 30.3. The van der Waals surface area contributed by atoms with Crippen LogP contribution in [0.5, 0.6) is 0 Å². The van der Waals surface area contributed by atoms with Crippen molar-refractivity contribution in [1.29, 1.82) is 0 Å². The van der Waals surface area contributed by atoms with Gasteiger partial charge in [-0.3, -0.25) is 0 Å². The van der Waals surface area contributed by atoms with Crippen LogP contribution in [0.1, 0.15) is 37.0 Å². The normalized spacial score (nSPS) is 21.1. The van der Waals surface area contributed by atoms with Crippen LogP contribution >= 0.6 is 11.3 Å². The molecule has 1 unspecified atom stereocenters. The fourth-order valence-electron chi connectivity index (χ4n) is 3.32. The molecule has 1 fully saturated rings. The van der Waals surface area contributed by atoms with Gasteiger partial charge in [0.25, 0.3) is 0 Å². The molecule has 0 radical (unpaired) electrons. The summed E-state index contributed by atoms with van der Waals surface area (Å²) in [6.07, 6.45) is 0.830. The fraction of sp³-hybridized carbons (Fsp3) is 0.300. The number of hydrogen-bond acceptors (Lipinski definition) is 6. The van der Waals surface area contributed by atoms with Gasteiger partial charge < -0.3 is 15.3 Å². The van der Waals surface area contributed by atoms with Crippen LogP contribution < -0.4 is 4.72 Å². The minimum atomic E-state index is -3.59. The molecule has 1 aliphatic carbocycles. The second-order valence-corrected chi connectivity index (χ2v) is 10.2. The molecule has 0 amide bonds. The molecule has 9 nitrogen and oxygen atoms in total. The van der Waals surface area contributed by atoms with E-state index in [-0.39, 0.29) is 22.1 Å². The van der Waals surface area contributed by atoms with Crippen LogP contribution in [-0.4, -0.2) is 45.7 Å². The van der Waals surface area contributed by atoms with Crippen molar-refractivity contribution in [2.75, 3.05) is 0 Å². The Kier molecular flexibility index (Phi) is 6.80. The monoisotopic (exact) mass is 465 g/mol. The lowest BCUT2D eigenvalue weighted by molar-refractivity contribution is 0.137. The van der Waals surface area contributed by atoms with Crippen LogP contribution in [0.3, 0.4) is 0 Å². The number of sulfonamides is 1. The lowest BCUT2D eigenvalue weighted by atomic mass is 10.1. The van der Waals surface area contributed by atoms with E-state index in [1.165, 1.54) is 0 Å². The number of benzene rings is 1. The molecule has 2 aromatic heterocycles. The highest BCUT2D eigenvalue weighted by molar-refractivity contribution is 7.91. The maximum absolute atomic E-state index is 12.8. The van der Waals surface area contributed by atoms with Gasteiger partial charge in [-0.05, 0) is 30.5 Å². The van der Waals surface area contributed by atoms with Crippen LogP contribution in [0.4, 0.5) is 4.79 Å². The van der Waals surface area contributed by atoms with E-state index in [2.05, 4.69) is 16.7 Å². The molecule has 1 aliphatic rings. The third-order valence-corrected chi connectivity index (χ3v) is 8.02. The third-order valence-electron chi connectivity index (χ3n) is 5.00. The van der Waals surface area contributed by atoms with Gasteiger partial charge in [0.15, 0.2) is 0 Å². The predicted molar refractivity (Wildman–Crippen MR) is 115 cm³/mol. The Morgan fingerprint density at radius 1 is 1.19 bits per heavy atom. The van der Waals surface area contributed by atoms with E-state index in [4.69, 9.17) is 15.0 Å². The van der Waals surface area contributed by atoms with Crippen molar-refractivity contribution in [3.8, 4) is 5.00 Å². The molecular weight excluding hydrogens is 442 g/mol. The predicted octanol–water partition coefficient (Wildman–Crippen LogP) is 3.29. The van der Waals surface area contributed by atoms with Crippen LogP contribution in [0.25, 0.3) is 5.00 Å². The molecule has 3 aromatic rings. The van der Waals surface area contributed by atoms with Crippen molar-refractivity contribution in [3.63, 3.8) is 0 Å². The minimum Gasteiger partial charge on any atom is -0.450 e. The quantitative estimate of drug-likeness (QED) is 0.437. The highest BCUT2D eigenvalue weighted by Gasteiger charge is 2.49. The van der Waals surface area contributed by atoms with Crippen molar-refractivity contribution in [3.05, 3.63) is 66.0 Å². The van der Waals surface area contributed by atoms with Gasteiger partial charge in [-0.2, -0.15) is 5.10 Å². The molecule has 2 heterocycles. The van der Waals surface area contributed by atoms with E-state index in [9.17, 15) is 13.5 Å². The fourth-order valence-corrected chi connectivity index (χ4v) is 5.91. The first-order valence-corrected chi connectivity index (χ1v) is 11.7. The standard InChI is InChI=1S/C19H21N3O3S2.CH2O3/c1-12-18(14-6-4-3-5-7-14)19(12)21-27(24,25)17-9-8-16(26-17)22-11-15(10-20-22)13(2)23;2-1(3)4/h3-13,18-19,21,23H,1-2H3;(H2,2,3,4)/t12-,13?,18-,19+;/m1./s1. The Balaban J connectivity index is 0.000000628. The lowest BCUT2D eigenvalue weighted by Gasteiger charge is -2.04. The average molecular weight is 466 g/mol. The van der Waals surface area contributed by atoms with E-state index in [1.807, 2.05) is 30.3 Å². The number of aliphatic hydroxyl groups excluding tert-OH is 1. The number of hydrogen-bond donors (Lipinski definition) is 4. The van der Waals surface area contributed by atoms with Gasteiger partial charge in [0.1, 0.15) is 9.21 Å². The molecule has 4 N–H and O–H groups in total. The molecule has 31 heavy (non-hydrogen) atoms. The summed E-state index contributed by atoms with van der Waals surface area (Å²) in [7, 11) is -3.59. The van der Waals surface area contributed by atoms with E-state index >= 15 is 0 Å². The van der Waals surface area contributed by atoms with Gasteiger partial charge in [0, 0.05) is 23.7 Å². The Labute approximate surface area is 183 Å². The highest BCUT2D eigenvalue weighted by atomic mass is 32.2. The van der Waals surface area contributed by atoms with Gasteiger partial charge in [0.2, 0.25) is 10.0 Å². The Morgan fingerprint density at radius 3 is 2.42 bits per heavy atom. The lowest BCUT2D eigenvalue weighted by Crippen LogP contribution is -2.27. The number of thiophene rings is 1. The van der Waals surface area contributed by atoms with Gasteiger partial charge in [-0.25, -0.2) is 22.6 Å². The van der Waals surface area contributed by atoms with Crippen molar-refractivity contribution in [2.24, 2.45) is 5.92 Å². The van der Waals surface area contributed by atoms with Crippen molar-refractivity contribution < 1.29 is 28.5 Å². The Morgan fingerprint density at radius 2 is 1.84 bits per heavy atom. The van der Waals surface area contributed by atoms with Crippen LogP contribution in [-0.2, 0) is 10.0 Å². The van der Waals surface area contributed by atoms with E-state index in [0.29, 0.717) is 10.6 Å². The third kappa shape index (κ3) is 5.50. The van der Waals surface area contributed by atoms with Gasteiger partial charge >= 0.3 is 6.16 Å². The molecule has 0 spiro atoms. The summed E-state index contributed by atoms with van der Waals surface area (Å²) in [6, 6.07) is 13.2. The Hall–Kier alpha value is -2.73. The number of carbonyl (C=O) groups is 1. The van der Waals surface area contributed by atoms with Crippen molar-refractivity contribution in [1.82, 2.24) is 14.5 Å². The zero-order valence-electron chi connectivity index (χ0n) is 16.8. The molecule has 1 aromatic carbocycles. The molecular formula is C20H23N3O6S2. The zero-order chi connectivity index (χ0) is 22.8. The molecule has 11 heteroatoms.